The highest BCUT2D eigenvalue weighted by molar-refractivity contribution is 6.35. The summed E-state index contributed by atoms with van der Waals surface area (Å²) in [6, 6.07) is 19.9. The maximum Gasteiger partial charge on any atom is 0.337 e. The number of H-pyrrole nitrogens is 1. The summed E-state index contributed by atoms with van der Waals surface area (Å²) in [6.45, 7) is 0.244. The fraction of sp³-hybridized carbons (Fsp3) is 0.138. The maximum atomic E-state index is 13.6. The third-order valence-corrected chi connectivity index (χ3v) is 6.94. The minimum Gasteiger partial charge on any atom is -0.503 e. The number of rotatable bonds is 7. The van der Waals surface area contributed by atoms with Crippen LogP contribution in [-0.2, 0) is 16.0 Å². The number of methoxy groups -OCH3 is 1. The van der Waals surface area contributed by atoms with E-state index in [0.717, 1.165) is 16.5 Å². The number of halogens is 1. The van der Waals surface area contributed by atoms with Gasteiger partial charge in [-0.2, -0.15) is 0 Å². The van der Waals surface area contributed by atoms with E-state index < -0.39 is 29.5 Å². The van der Waals surface area contributed by atoms with Crippen molar-refractivity contribution >= 4 is 40.2 Å². The molecule has 1 aliphatic rings. The Morgan fingerprint density at radius 3 is 2.46 bits per heavy atom. The second kappa shape index (κ2) is 9.95. The topological polar surface area (TPSA) is 99.7 Å². The zero-order chi connectivity index (χ0) is 26.1. The van der Waals surface area contributed by atoms with E-state index in [0.29, 0.717) is 17.5 Å². The molecule has 2 heterocycles. The number of esters is 1. The highest BCUT2D eigenvalue weighted by Crippen LogP contribution is 2.40. The molecule has 37 heavy (non-hydrogen) atoms. The van der Waals surface area contributed by atoms with Crippen LogP contribution in [0.15, 0.2) is 90.3 Å². The molecular formula is C29H23ClN2O5. The first-order chi connectivity index (χ1) is 17.9. The molecule has 1 amide bonds. The number of carbonyl (C=O) groups excluding carboxylic acids is 3. The van der Waals surface area contributed by atoms with Crippen LogP contribution in [0, 0.1) is 0 Å². The number of carbonyl (C=O) groups is 3. The van der Waals surface area contributed by atoms with Crippen molar-refractivity contribution in [3.63, 3.8) is 0 Å². The number of aliphatic hydroxyl groups is 1. The van der Waals surface area contributed by atoms with Gasteiger partial charge >= 0.3 is 5.97 Å². The average molecular weight is 515 g/mol. The van der Waals surface area contributed by atoms with Gasteiger partial charge in [0.15, 0.2) is 11.5 Å². The summed E-state index contributed by atoms with van der Waals surface area (Å²) in [7, 11) is 1.29. The normalized spacial score (nSPS) is 15.5. The van der Waals surface area contributed by atoms with E-state index in [1.807, 2.05) is 30.5 Å². The van der Waals surface area contributed by atoms with Crippen LogP contribution in [-0.4, -0.2) is 46.3 Å². The smallest absolute Gasteiger partial charge is 0.337 e. The largest absolute Gasteiger partial charge is 0.503 e. The molecule has 3 aromatic carbocycles. The Bertz CT molecular complexity index is 1550. The Morgan fingerprint density at radius 2 is 1.73 bits per heavy atom. The minimum atomic E-state index is -0.867. The second-order valence-electron chi connectivity index (χ2n) is 8.70. The fourth-order valence-corrected chi connectivity index (χ4v) is 4.97. The molecule has 0 saturated carbocycles. The summed E-state index contributed by atoms with van der Waals surface area (Å²) in [6.07, 6.45) is 2.39. The van der Waals surface area contributed by atoms with Gasteiger partial charge in [0, 0.05) is 29.2 Å². The van der Waals surface area contributed by atoms with Crippen LogP contribution in [0.4, 0.5) is 0 Å². The molecular weight excluding hydrogens is 492 g/mol. The molecule has 0 aliphatic carbocycles. The van der Waals surface area contributed by atoms with E-state index in [2.05, 4.69) is 4.98 Å². The van der Waals surface area contributed by atoms with Gasteiger partial charge in [-0.05, 0) is 47.9 Å². The number of Topliss-reactive ketones (excluding diaryl/α,β-unsaturated/α-hetero) is 1. The summed E-state index contributed by atoms with van der Waals surface area (Å²) in [4.78, 5) is 43.6. The molecule has 1 atom stereocenters. The molecule has 1 aromatic heterocycles. The van der Waals surface area contributed by atoms with Gasteiger partial charge in [0.05, 0.1) is 29.3 Å². The summed E-state index contributed by atoms with van der Waals surface area (Å²) in [5, 5.41) is 12.2. The average Bonchev–Trinajstić information content (AvgIpc) is 3.45. The Labute approximate surface area is 217 Å². The maximum absolute atomic E-state index is 13.6. The Morgan fingerprint density at radius 1 is 1.03 bits per heavy atom. The van der Waals surface area contributed by atoms with E-state index in [4.69, 9.17) is 16.3 Å². The second-order valence-corrected chi connectivity index (χ2v) is 9.10. The highest BCUT2D eigenvalue weighted by Gasteiger charge is 2.44. The number of ketones is 1. The number of hydrogen-bond acceptors (Lipinski definition) is 5. The summed E-state index contributed by atoms with van der Waals surface area (Å²) >= 11 is 6.29. The quantitative estimate of drug-likeness (QED) is 0.253. The lowest BCUT2D eigenvalue weighted by atomic mass is 9.92. The Kier molecular flexibility index (Phi) is 6.54. The van der Waals surface area contributed by atoms with Crippen molar-refractivity contribution in [1.29, 1.82) is 0 Å². The van der Waals surface area contributed by atoms with Gasteiger partial charge in [-0.25, -0.2) is 4.79 Å². The number of benzene rings is 3. The molecule has 1 aliphatic heterocycles. The predicted molar refractivity (Wildman–Crippen MR) is 140 cm³/mol. The molecule has 0 saturated heterocycles. The van der Waals surface area contributed by atoms with Crippen LogP contribution in [0.5, 0.6) is 0 Å². The number of hydrogen-bond donors (Lipinski definition) is 2. The molecule has 8 heteroatoms. The van der Waals surface area contributed by atoms with Gasteiger partial charge in [0.2, 0.25) is 0 Å². The minimum absolute atomic E-state index is 0.0529. The molecule has 0 radical (unpaired) electrons. The Balaban J connectivity index is 1.54. The molecule has 186 valence electrons. The van der Waals surface area contributed by atoms with Crippen LogP contribution >= 0.6 is 11.6 Å². The van der Waals surface area contributed by atoms with Crippen LogP contribution in [0.25, 0.3) is 10.9 Å². The molecule has 0 fully saturated rings. The number of aromatic nitrogens is 1. The van der Waals surface area contributed by atoms with Crippen LogP contribution < -0.4 is 0 Å². The zero-order valence-electron chi connectivity index (χ0n) is 19.9. The third-order valence-electron chi connectivity index (χ3n) is 6.61. The lowest BCUT2D eigenvalue weighted by Crippen LogP contribution is -2.33. The molecule has 0 bridgehead atoms. The number of ether oxygens (including phenoxy) is 1. The van der Waals surface area contributed by atoms with Crippen molar-refractivity contribution in [2.75, 3.05) is 13.7 Å². The number of nitrogens with one attached hydrogen (secondary N) is 1. The number of aliphatic hydroxyl groups excluding tert-OH is 1. The first kappa shape index (κ1) is 24.3. The lowest BCUT2D eigenvalue weighted by molar-refractivity contribution is -0.129. The van der Waals surface area contributed by atoms with Crippen molar-refractivity contribution in [3.8, 4) is 0 Å². The molecule has 0 spiro atoms. The summed E-state index contributed by atoms with van der Waals surface area (Å²) in [5.41, 5.74) is 3.02. The molecule has 2 N–H and O–H groups in total. The van der Waals surface area contributed by atoms with Crippen LogP contribution in [0.3, 0.4) is 0 Å². The van der Waals surface area contributed by atoms with Gasteiger partial charge in [-0.15, -0.1) is 0 Å². The number of nitrogens with zero attached hydrogens (tertiary/aromatic N) is 1. The van der Waals surface area contributed by atoms with E-state index >= 15 is 0 Å². The molecule has 7 nitrogen and oxygen atoms in total. The predicted octanol–water partition coefficient (Wildman–Crippen LogP) is 5.43. The zero-order valence-corrected chi connectivity index (χ0v) is 20.7. The van der Waals surface area contributed by atoms with E-state index in [-0.39, 0.29) is 22.7 Å². The molecule has 1 unspecified atom stereocenters. The van der Waals surface area contributed by atoms with E-state index in [9.17, 15) is 19.5 Å². The number of para-hydroxylation sites is 1. The number of aromatic amines is 1. The Hall–Kier alpha value is -4.36. The summed E-state index contributed by atoms with van der Waals surface area (Å²) < 4.78 is 4.78. The first-order valence-electron chi connectivity index (χ1n) is 11.7. The van der Waals surface area contributed by atoms with Gasteiger partial charge in [0.25, 0.3) is 5.91 Å². The monoisotopic (exact) mass is 514 g/mol. The van der Waals surface area contributed by atoms with Crippen molar-refractivity contribution in [1.82, 2.24) is 9.88 Å². The number of amides is 1. The van der Waals surface area contributed by atoms with Gasteiger partial charge in [-0.1, -0.05) is 54.1 Å². The van der Waals surface area contributed by atoms with Crippen molar-refractivity contribution < 1.29 is 24.2 Å². The fourth-order valence-electron chi connectivity index (χ4n) is 4.75. The van der Waals surface area contributed by atoms with Crippen LogP contribution in [0.2, 0.25) is 5.02 Å². The lowest BCUT2D eigenvalue weighted by Gasteiger charge is -2.27. The van der Waals surface area contributed by atoms with Crippen molar-refractivity contribution in [3.05, 3.63) is 118 Å². The van der Waals surface area contributed by atoms with Crippen LogP contribution in [0.1, 0.15) is 37.9 Å². The van der Waals surface area contributed by atoms with Crippen molar-refractivity contribution in [2.24, 2.45) is 0 Å². The van der Waals surface area contributed by atoms with Gasteiger partial charge < -0.3 is 19.7 Å². The SMILES string of the molecule is COC(=O)c1ccc(C2C(C(=O)c3ccccc3Cl)=C(O)C(=O)N2CCc2c[nH]c3ccccc23)cc1. The molecule has 5 rings (SSSR count). The van der Waals surface area contributed by atoms with E-state index in [1.165, 1.54) is 12.0 Å². The van der Waals surface area contributed by atoms with Crippen molar-refractivity contribution in [2.45, 2.75) is 12.5 Å². The standard InChI is InChI=1S/C29H23ClN2O5/c1-37-29(36)18-12-10-17(11-13-18)25-24(26(33)21-7-2-4-8-22(21)30)27(34)28(35)32(25)15-14-19-16-31-23-9-5-3-6-20(19)23/h2-13,16,25,31,34H,14-15H2,1H3. The van der Waals surface area contributed by atoms with Gasteiger partial charge in [0.1, 0.15) is 0 Å². The van der Waals surface area contributed by atoms with Gasteiger partial charge in [-0.3, -0.25) is 9.59 Å². The highest BCUT2D eigenvalue weighted by atomic mass is 35.5. The first-order valence-corrected chi connectivity index (χ1v) is 12.0. The molecule has 4 aromatic rings. The third kappa shape index (κ3) is 4.38. The number of fused-ring (bicyclic) bond motifs is 1. The summed E-state index contributed by atoms with van der Waals surface area (Å²) in [5.74, 6) is -2.28. The van der Waals surface area contributed by atoms with E-state index in [1.54, 1.807) is 48.5 Å².